The van der Waals surface area contributed by atoms with Crippen LogP contribution in [0.4, 0.5) is 0 Å². The van der Waals surface area contributed by atoms with Crippen molar-refractivity contribution < 1.29 is 4.79 Å². The Hall–Kier alpha value is -1.68. The average Bonchev–Trinajstić information content (AvgIpc) is 2.31. The Morgan fingerprint density at radius 3 is 2.56 bits per heavy atom. The minimum atomic E-state index is -0.314. The molecule has 0 fully saturated rings. The van der Waals surface area contributed by atoms with E-state index in [0.717, 1.165) is 16.8 Å². The number of carbonyl (C=O) groups excluding carboxylic acids is 1. The number of hydrogen-bond donors (Lipinski definition) is 0. The maximum atomic E-state index is 12.2. The van der Waals surface area contributed by atoms with Crippen molar-refractivity contribution in [3.8, 4) is 5.69 Å². The second-order valence-electron chi connectivity index (χ2n) is 4.16. The van der Waals surface area contributed by atoms with E-state index >= 15 is 0 Å². The monoisotopic (exact) mass is 305 g/mol. The number of halogens is 1. The summed E-state index contributed by atoms with van der Waals surface area (Å²) in [7, 11) is 0. The van der Waals surface area contributed by atoms with Gasteiger partial charge in [0.25, 0.3) is 5.56 Å². The zero-order valence-electron chi connectivity index (χ0n) is 10.1. The molecule has 2 rings (SSSR count). The molecule has 2 aromatic rings. The summed E-state index contributed by atoms with van der Waals surface area (Å²) in [4.78, 5) is 23.1. The fourth-order valence-electron chi connectivity index (χ4n) is 1.90. The van der Waals surface area contributed by atoms with Crippen LogP contribution in [0.3, 0.4) is 0 Å². The molecule has 0 aliphatic rings. The first kappa shape index (κ1) is 12.8. The first-order chi connectivity index (χ1) is 8.54. The second-order valence-corrected chi connectivity index (χ2v) is 5.01. The molecule has 0 unspecified atom stereocenters. The molecule has 0 spiro atoms. The van der Waals surface area contributed by atoms with Crippen LogP contribution in [0.2, 0.25) is 0 Å². The third-order valence-corrected chi connectivity index (χ3v) is 3.50. The van der Waals surface area contributed by atoms with Gasteiger partial charge in [-0.05, 0) is 47.5 Å². The van der Waals surface area contributed by atoms with Crippen LogP contribution in [0.25, 0.3) is 5.69 Å². The topological polar surface area (TPSA) is 39.1 Å². The van der Waals surface area contributed by atoms with Gasteiger partial charge in [0, 0.05) is 10.7 Å². The van der Waals surface area contributed by atoms with Gasteiger partial charge in [0.2, 0.25) is 0 Å². The number of nitrogens with zero attached hydrogens (tertiary/aromatic N) is 1. The number of hydrogen-bond acceptors (Lipinski definition) is 2. The van der Waals surface area contributed by atoms with E-state index in [1.54, 1.807) is 12.3 Å². The highest BCUT2D eigenvalue weighted by Gasteiger charge is 2.10. The molecule has 0 saturated heterocycles. The normalized spacial score (nSPS) is 10.4. The van der Waals surface area contributed by atoms with Crippen molar-refractivity contribution in [2.24, 2.45) is 0 Å². The molecule has 0 aliphatic heterocycles. The molecule has 1 aromatic heterocycles. The summed E-state index contributed by atoms with van der Waals surface area (Å²) >= 11 is 3.20. The molecule has 92 valence electrons. The van der Waals surface area contributed by atoms with Crippen molar-refractivity contribution in [3.05, 3.63) is 62.0 Å². The van der Waals surface area contributed by atoms with Crippen molar-refractivity contribution in [1.82, 2.24) is 4.57 Å². The largest absolute Gasteiger partial charge is 0.298 e. The van der Waals surface area contributed by atoms with E-state index in [4.69, 9.17) is 0 Å². The van der Waals surface area contributed by atoms with E-state index in [2.05, 4.69) is 15.9 Å². The van der Waals surface area contributed by atoms with Crippen molar-refractivity contribution in [2.75, 3.05) is 0 Å². The van der Waals surface area contributed by atoms with Crippen molar-refractivity contribution in [3.63, 3.8) is 0 Å². The summed E-state index contributed by atoms with van der Waals surface area (Å²) in [6.07, 6.45) is 2.24. The van der Waals surface area contributed by atoms with E-state index < -0.39 is 0 Å². The van der Waals surface area contributed by atoms with E-state index in [-0.39, 0.29) is 11.1 Å². The van der Waals surface area contributed by atoms with E-state index in [0.29, 0.717) is 10.8 Å². The third-order valence-electron chi connectivity index (χ3n) is 2.81. The van der Waals surface area contributed by atoms with E-state index in [1.807, 2.05) is 32.0 Å². The van der Waals surface area contributed by atoms with Crippen LogP contribution >= 0.6 is 15.9 Å². The third kappa shape index (κ3) is 2.16. The molecule has 0 atom stereocenters. The highest BCUT2D eigenvalue weighted by Crippen LogP contribution is 2.16. The van der Waals surface area contributed by atoms with Gasteiger partial charge in [0.1, 0.15) is 0 Å². The molecule has 0 amide bonds. The molecule has 1 aromatic carbocycles. The summed E-state index contributed by atoms with van der Waals surface area (Å²) in [6.45, 7) is 3.94. The van der Waals surface area contributed by atoms with Crippen molar-refractivity contribution in [1.29, 1.82) is 0 Å². The van der Waals surface area contributed by atoms with Crippen molar-refractivity contribution in [2.45, 2.75) is 13.8 Å². The zero-order chi connectivity index (χ0) is 13.3. The Morgan fingerprint density at radius 2 is 1.94 bits per heavy atom. The summed E-state index contributed by atoms with van der Waals surface area (Å²) in [5.41, 5.74) is 2.75. The minimum absolute atomic E-state index is 0.137. The Balaban J connectivity index is 2.72. The van der Waals surface area contributed by atoms with Gasteiger partial charge in [0.15, 0.2) is 6.29 Å². The molecule has 0 bridgehead atoms. The van der Waals surface area contributed by atoms with Crippen LogP contribution in [0, 0.1) is 13.8 Å². The minimum Gasteiger partial charge on any atom is -0.298 e. The Kier molecular flexibility index (Phi) is 3.48. The second kappa shape index (κ2) is 4.90. The SMILES string of the molecule is Cc1ccc(-n2ccc(Br)c(C=O)c2=O)c(C)c1. The van der Waals surface area contributed by atoms with Crippen LogP contribution < -0.4 is 5.56 Å². The molecule has 4 heteroatoms. The lowest BCUT2D eigenvalue weighted by Gasteiger charge is -2.11. The first-order valence-electron chi connectivity index (χ1n) is 5.48. The summed E-state index contributed by atoms with van der Waals surface area (Å²) < 4.78 is 2.01. The van der Waals surface area contributed by atoms with Gasteiger partial charge in [-0.2, -0.15) is 0 Å². The van der Waals surface area contributed by atoms with E-state index in [1.165, 1.54) is 4.57 Å². The van der Waals surface area contributed by atoms with Crippen LogP contribution in [0.5, 0.6) is 0 Å². The maximum absolute atomic E-state index is 12.2. The molecule has 1 heterocycles. The summed E-state index contributed by atoms with van der Waals surface area (Å²) in [6, 6.07) is 7.53. The summed E-state index contributed by atoms with van der Waals surface area (Å²) in [5, 5.41) is 0. The predicted octanol–water partition coefficient (Wildman–Crippen LogP) is 3.03. The van der Waals surface area contributed by atoms with E-state index in [9.17, 15) is 9.59 Å². The number of benzene rings is 1. The van der Waals surface area contributed by atoms with Gasteiger partial charge in [-0.15, -0.1) is 0 Å². The highest BCUT2D eigenvalue weighted by atomic mass is 79.9. The van der Waals surface area contributed by atoms with Gasteiger partial charge in [-0.3, -0.25) is 14.2 Å². The summed E-state index contributed by atoms with van der Waals surface area (Å²) in [5.74, 6) is 0. The van der Waals surface area contributed by atoms with Crippen LogP contribution in [0.1, 0.15) is 21.5 Å². The van der Waals surface area contributed by atoms with Gasteiger partial charge in [-0.1, -0.05) is 17.7 Å². The van der Waals surface area contributed by atoms with Crippen LogP contribution in [-0.2, 0) is 0 Å². The van der Waals surface area contributed by atoms with Gasteiger partial charge in [-0.25, -0.2) is 0 Å². The molecule has 0 radical (unpaired) electrons. The molecular weight excluding hydrogens is 294 g/mol. The Bertz CT molecular complexity index is 674. The lowest BCUT2D eigenvalue weighted by molar-refractivity contribution is 0.112. The zero-order valence-corrected chi connectivity index (χ0v) is 11.7. The quantitative estimate of drug-likeness (QED) is 0.800. The number of rotatable bonds is 2. The number of pyridine rings is 1. The first-order valence-corrected chi connectivity index (χ1v) is 6.28. The molecule has 0 N–H and O–H groups in total. The van der Waals surface area contributed by atoms with Gasteiger partial charge >= 0.3 is 0 Å². The lowest BCUT2D eigenvalue weighted by Crippen LogP contribution is -2.22. The van der Waals surface area contributed by atoms with Gasteiger partial charge < -0.3 is 0 Å². The Morgan fingerprint density at radius 1 is 1.22 bits per heavy atom. The maximum Gasteiger partial charge on any atom is 0.266 e. The molecule has 0 saturated carbocycles. The molecule has 3 nitrogen and oxygen atoms in total. The standard InChI is InChI=1S/C14H12BrNO2/c1-9-3-4-13(10(2)7-9)16-6-5-12(15)11(8-17)14(16)18/h3-8H,1-2H3. The molecule has 18 heavy (non-hydrogen) atoms. The van der Waals surface area contributed by atoms with Gasteiger partial charge in [0.05, 0.1) is 11.3 Å². The lowest BCUT2D eigenvalue weighted by atomic mass is 10.1. The Labute approximate surface area is 113 Å². The molecule has 0 aliphatic carbocycles. The number of aryl methyl sites for hydroxylation is 2. The fourth-order valence-corrected chi connectivity index (χ4v) is 2.28. The van der Waals surface area contributed by atoms with Crippen LogP contribution in [-0.4, -0.2) is 10.9 Å². The smallest absolute Gasteiger partial charge is 0.266 e. The fraction of sp³-hybridized carbons (Fsp3) is 0.143. The average molecular weight is 306 g/mol. The van der Waals surface area contributed by atoms with Crippen LogP contribution in [0.15, 0.2) is 39.7 Å². The number of carbonyl (C=O) groups is 1. The predicted molar refractivity (Wildman–Crippen MR) is 74.6 cm³/mol. The highest BCUT2D eigenvalue weighted by molar-refractivity contribution is 9.10. The molecular formula is C14H12BrNO2. The number of aldehydes is 1. The number of aromatic nitrogens is 1. The van der Waals surface area contributed by atoms with Crippen molar-refractivity contribution >= 4 is 22.2 Å².